The van der Waals surface area contributed by atoms with Gasteiger partial charge in [0.1, 0.15) is 11.9 Å². The van der Waals surface area contributed by atoms with Gasteiger partial charge in [0, 0.05) is 28.0 Å². The molecule has 0 aliphatic carbocycles. The molecule has 0 aliphatic rings. The Balaban J connectivity index is 2.00. The lowest BCUT2D eigenvalue weighted by Gasteiger charge is -2.17. The predicted octanol–water partition coefficient (Wildman–Crippen LogP) is 3.85. The molecule has 0 saturated carbocycles. The first-order valence-corrected chi connectivity index (χ1v) is 7.99. The maximum atomic E-state index is 11.2. The van der Waals surface area contributed by atoms with E-state index in [9.17, 15) is 10.4 Å². The summed E-state index contributed by atoms with van der Waals surface area (Å²) >= 11 is 0. The van der Waals surface area contributed by atoms with E-state index in [0.29, 0.717) is 17.0 Å². The Bertz CT molecular complexity index is 1130. The predicted molar refractivity (Wildman–Crippen MR) is 96.6 cm³/mol. The minimum Gasteiger partial charge on any atom is -0.496 e. The van der Waals surface area contributed by atoms with Gasteiger partial charge in [-0.05, 0) is 36.8 Å². The molecule has 0 spiro atoms. The van der Waals surface area contributed by atoms with Gasteiger partial charge in [-0.3, -0.25) is 0 Å². The van der Waals surface area contributed by atoms with Crippen molar-refractivity contribution in [3.8, 4) is 11.9 Å². The Morgan fingerprint density at radius 2 is 2.04 bits per heavy atom. The van der Waals surface area contributed by atoms with E-state index in [2.05, 4.69) is 11.2 Å². The average molecular weight is 331 g/mol. The Morgan fingerprint density at radius 3 is 2.80 bits per heavy atom. The molecule has 0 radical (unpaired) electrons. The number of hydrogen-bond donors (Lipinski definition) is 2. The van der Waals surface area contributed by atoms with Crippen molar-refractivity contribution in [3.63, 3.8) is 0 Å². The van der Waals surface area contributed by atoms with Crippen LogP contribution in [0.25, 0.3) is 21.8 Å². The van der Waals surface area contributed by atoms with E-state index in [1.165, 1.54) is 4.57 Å². The number of methoxy groups -OCH3 is 1. The highest BCUT2D eigenvalue weighted by Crippen LogP contribution is 2.39. The second-order valence-corrected chi connectivity index (χ2v) is 6.04. The van der Waals surface area contributed by atoms with E-state index in [-0.39, 0.29) is 0 Å². The summed E-state index contributed by atoms with van der Waals surface area (Å²) in [6, 6.07) is 13.3. The molecule has 124 valence electrons. The van der Waals surface area contributed by atoms with Gasteiger partial charge >= 0.3 is 0 Å². The van der Waals surface area contributed by atoms with Crippen molar-refractivity contribution in [2.75, 3.05) is 7.11 Å². The first kappa shape index (κ1) is 15.3. The molecule has 1 atom stereocenters. The van der Waals surface area contributed by atoms with E-state index in [1.807, 2.05) is 55.6 Å². The van der Waals surface area contributed by atoms with E-state index >= 15 is 0 Å². The zero-order valence-electron chi connectivity index (χ0n) is 13.9. The molecule has 2 heterocycles. The molecule has 0 saturated heterocycles. The van der Waals surface area contributed by atoms with Gasteiger partial charge in [0.15, 0.2) is 6.19 Å². The molecule has 0 bridgehead atoms. The summed E-state index contributed by atoms with van der Waals surface area (Å²) in [7, 11) is 1.59. The van der Waals surface area contributed by atoms with Crippen LogP contribution in [-0.4, -0.2) is 21.8 Å². The summed E-state index contributed by atoms with van der Waals surface area (Å²) in [6.45, 7) is 1.99. The molecular formula is C20H17N3O2. The molecule has 4 rings (SSSR count). The van der Waals surface area contributed by atoms with Crippen LogP contribution in [0.1, 0.15) is 22.9 Å². The first-order chi connectivity index (χ1) is 12.2. The number of hydrogen-bond acceptors (Lipinski definition) is 3. The number of benzene rings is 2. The fourth-order valence-corrected chi connectivity index (χ4v) is 3.49. The fourth-order valence-electron chi connectivity index (χ4n) is 3.49. The molecule has 4 aromatic rings. The largest absolute Gasteiger partial charge is 0.496 e. The highest BCUT2D eigenvalue weighted by atomic mass is 16.5. The Labute approximate surface area is 144 Å². The minimum absolute atomic E-state index is 0.522. The summed E-state index contributed by atoms with van der Waals surface area (Å²) < 4.78 is 7.00. The molecule has 5 nitrogen and oxygen atoms in total. The van der Waals surface area contributed by atoms with Gasteiger partial charge in [0.2, 0.25) is 0 Å². The van der Waals surface area contributed by atoms with Gasteiger partial charge in [-0.1, -0.05) is 18.2 Å². The van der Waals surface area contributed by atoms with Crippen molar-refractivity contribution in [1.29, 1.82) is 5.26 Å². The van der Waals surface area contributed by atoms with Gasteiger partial charge in [-0.15, -0.1) is 0 Å². The molecule has 5 heteroatoms. The van der Waals surface area contributed by atoms with Gasteiger partial charge in [0.25, 0.3) is 0 Å². The lowest BCUT2D eigenvalue weighted by Crippen LogP contribution is -2.08. The lowest BCUT2D eigenvalue weighted by atomic mass is 9.98. The summed E-state index contributed by atoms with van der Waals surface area (Å²) in [5.74, 6) is 0.604. The topological polar surface area (TPSA) is 74.0 Å². The number of para-hydroxylation sites is 1. The average Bonchev–Trinajstić information content (AvgIpc) is 3.25. The molecular weight excluding hydrogens is 314 g/mol. The van der Waals surface area contributed by atoms with Crippen molar-refractivity contribution < 1.29 is 9.84 Å². The van der Waals surface area contributed by atoms with Crippen LogP contribution in [0.3, 0.4) is 0 Å². The summed E-state index contributed by atoms with van der Waals surface area (Å²) in [6.07, 6.45) is 3.02. The fraction of sp³-hybridized carbons (Fsp3) is 0.150. The Hall–Kier alpha value is -3.23. The molecule has 2 N–H and O–H groups in total. The second-order valence-electron chi connectivity index (χ2n) is 6.04. The smallest absolute Gasteiger partial charge is 0.189 e. The summed E-state index contributed by atoms with van der Waals surface area (Å²) in [5, 5.41) is 22.6. The lowest BCUT2D eigenvalue weighted by molar-refractivity contribution is 0.210. The first-order valence-electron chi connectivity index (χ1n) is 7.99. The zero-order chi connectivity index (χ0) is 17.6. The maximum Gasteiger partial charge on any atom is 0.189 e. The van der Waals surface area contributed by atoms with Crippen LogP contribution in [0.2, 0.25) is 0 Å². The SMILES string of the molecule is COc1cc(C)c2[nH]ccc2c1C(O)c1cc2ccccc2n1C#N. The number of nitrogens with zero attached hydrogens (tertiary/aromatic N) is 2. The number of aryl methyl sites for hydroxylation is 1. The number of nitriles is 1. The number of rotatable bonds is 3. The third-order valence-electron chi connectivity index (χ3n) is 4.66. The van der Waals surface area contributed by atoms with Gasteiger partial charge < -0.3 is 14.8 Å². The van der Waals surface area contributed by atoms with Crippen molar-refractivity contribution in [3.05, 3.63) is 65.5 Å². The minimum atomic E-state index is -0.985. The number of aromatic amines is 1. The van der Waals surface area contributed by atoms with Crippen molar-refractivity contribution >= 4 is 21.8 Å². The Kier molecular flexibility index (Phi) is 3.48. The van der Waals surface area contributed by atoms with Crippen LogP contribution in [0, 0.1) is 18.4 Å². The van der Waals surface area contributed by atoms with Crippen molar-refractivity contribution in [1.82, 2.24) is 9.55 Å². The molecule has 0 amide bonds. The van der Waals surface area contributed by atoms with Crippen LogP contribution in [0.15, 0.2) is 48.7 Å². The molecule has 0 fully saturated rings. The number of H-pyrrole nitrogens is 1. The van der Waals surface area contributed by atoms with Gasteiger partial charge in [-0.25, -0.2) is 4.57 Å². The van der Waals surface area contributed by atoms with Crippen molar-refractivity contribution in [2.24, 2.45) is 0 Å². The Morgan fingerprint density at radius 1 is 1.24 bits per heavy atom. The quantitative estimate of drug-likeness (QED) is 0.599. The van der Waals surface area contributed by atoms with Gasteiger partial charge in [0.05, 0.1) is 18.3 Å². The van der Waals surface area contributed by atoms with Crippen LogP contribution in [0.5, 0.6) is 5.75 Å². The summed E-state index contributed by atoms with van der Waals surface area (Å²) in [4.78, 5) is 3.20. The van der Waals surface area contributed by atoms with Crippen LogP contribution in [-0.2, 0) is 0 Å². The zero-order valence-corrected chi connectivity index (χ0v) is 13.9. The third kappa shape index (κ3) is 2.19. The molecule has 0 aliphatic heterocycles. The number of nitrogens with one attached hydrogen (secondary N) is 1. The van der Waals surface area contributed by atoms with E-state index < -0.39 is 6.10 Å². The number of ether oxygens (including phenoxy) is 1. The molecule has 2 aromatic heterocycles. The maximum absolute atomic E-state index is 11.2. The van der Waals surface area contributed by atoms with Crippen LogP contribution in [0.4, 0.5) is 0 Å². The summed E-state index contributed by atoms with van der Waals surface area (Å²) in [5.41, 5.74) is 3.94. The number of fused-ring (bicyclic) bond motifs is 2. The molecule has 25 heavy (non-hydrogen) atoms. The second kappa shape index (κ2) is 5.69. The van der Waals surface area contributed by atoms with E-state index in [0.717, 1.165) is 27.4 Å². The van der Waals surface area contributed by atoms with E-state index in [1.54, 1.807) is 7.11 Å². The number of aliphatic hydroxyl groups is 1. The molecule has 2 aromatic carbocycles. The number of aliphatic hydroxyl groups excluding tert-OH is 1. The normalized spacial score (nSPS) is 12.4. The monoisotopic (exact) mass is 331 g/mol. The standard InChI is InChI=1S/C20H17N3O2/c1-12-9-17(25-2)18(14-7-8-22-19(12)14)20(24)16-10-13-5-3-4-6-15(13)23(16)11-21/h3-10,20,22,24H,1-2H3. The number of aromatic nitrogens is 2. The molecule has 1 unspecified atom stereocenters. The van der Waals surface area contributed by atoms with Gasteiger partial charge in [-0.2, -0.15) is 5.26 Å². The van der Waals surface area contributed by atoms with Crippen LogP contribution < -0.4 is 4.74 Å². The third-order valence-corrected chi connectivity index (χ3v) is 4.66. The van der Waals surface area contributed by atoms with Crippen molar-refractivity contribution in [2.45, 2.75) is 13.0 Å². The highest BCUT2D eigenvalue weighted by Gasteiger charge is 2.24. The highest BCUT2D eigenvalue weighted by molar-refractivity contribution is 5.89. The van der Waals surface area contributed by atoms with E-state index in [4.69, 9.17) is 4.74 Å². The van der Waals surface area contributed by atoms with Crippen LogP contribution >= 0.6 is 0 Å².